The maximum absolute atomic E-state index is 14.1. The summed E-state index contributed by atoms with van der Waals surface area (Å²) in [4.78, 5) is 51.2. The normalized spacial score (nSPS) is 21.2. The molecule has 2 fully saturated rings. The van der Waals surface area contributed by atoms with Gasteiger partial charge in [0.2, 0.25) is 5.91 Å². The molecule has 0 bridgehead atoms. The van der Waals surface area contributed by atoms with Gasteiger partial charge in [-0.1, -0.05) is 79.7 Å². The van der Waals surface area contributed by atoms with E-state index in [-0.39, 0.29) is 30.9 Å². The molecule has 2 saturated heterocycles. The first-order valence-electron chi connectivity index (χ1n) is 15.4. The molecule has 2 aliphatic heterocycles. The van der Waals surface area contributed by atoms with Crippen molar-refractivity contribution < 1.29 is 24.0 Å². The summed E-state index contributed by atoms with van der Waals surface area (Å²) in [5.41, 5.74) is 7.82. The molecule has 43 heavy (non-hydrogen) atoms. The molecule has 2 aliphatic rings. The molecule has 0 saturated carbocycles. The van der Waals surface area contributed by atoms with Crippen LogP contribution in [0.5, 0.6) is 0 Å². The molecule has 9 nitrogen and oxygen atoms in total. The number of piperazine rings is 1. The third kappa shape index (κ3) is 6.84. The van der Waals surface area contributed by atoms with E-state index >= 15 is 0 Å². The van der Waals surface area contributed by atoms with Crippen LogP contribution in [0.1, 0.15) is 50.7 Å². The van der Waals surface area contributed by atoms with Gasteiger partial charge >= 0.3 is 6.09 Å². The van der Waals surface area contributed by atoms with Crippen LogP contribution >= 0.6 is 0 Å². The summed E-state index contributed by atoms with van der Waals surface area (Å²) in [5.74, 6) is -0.404. The summed E-state index contributed by atoms with van der Waals surface area (Å²) < 4.78 is 5.70. The van der Waals surface area contributed by atoms with Crippen molar-refractivity contribution in [3.8, 4) is 0 Å². The van der Waals surface area contributed by atoms with Crippen LogP contribution in [0.4, 0.5) is 4.79 Å². The van der Waals surface area contributed by atoms with Crippen LogP contribution in [0.3, 0.4) is 0 Å². The Hall–Kier alpha value is -3.95. The summed E-state index contributed by atoms with van der Waals surface area (Å²) in [6, 6.07) is 23.2. The van der Waals surface area contributed by atoms with Gasteiger partial charge in [0.15, 0.2) is 12.3 Å². The number of benzene rings is 3. The van der Waals surface area contributed by atoms with Crippen LogP contribution in [-0.2, 0) is 32.0 Å². The third-order valence-electron chi connectivity index (χ3n) is 8.46. The predicted molar refractivity (Wildman–Crippen MR) is 165 cm³/mol. The van der Waals surface area contributed by atoms with Gasteiger partial charge < -0.3 is 20.3 Å². The lowest BCUT2D eigenvalue weighted by molar-refractivity contribution is -0.267. The van der Waals surface area contributed by atoms with Crippen LogP contribution < -0.4 is 5.73 Å². The highest BCUT2D eigenvalue weighted by Crippen LogP contribution is 2.32. The van der Waals surface area contributed by atoms with E-state index in [1.54, 1.807) is 9.80 Å². The van der Waals surface area contributed by atoms with E-state index in [2.05, 4.69) is 24.3 Å². The first kappa shape index (κ1) is 30.5. The van der Waals surface area contributed by atoms with Crippen LogP contribution in [-0.4, -0.2) is 76.8 Å². The van der Waals surface area contributed by atoms with E-state index < -0.39 is 24.4 Å². The molecule has 2 N–H and O–H groups in total. The zero-order valence-electron chi connectivity index (χ0n) is 25.1. The van der Waals surface area contributed by atoms with E-state index in [1.807, 2.05) is 62.4 Å². The molecule has 4 atom stereocenters. The van der Waals surface area contributed by atoms with Crippen molar-refractivity contribution in [2.24, 2.45) is 5.73 Å². The van der Waals surface area contributed by atoms with Crippen LogP contribution in [0, 0.1) is 0 Å². The lowest BCUT2D eigenvalue weighted by Gasteiger charge is -2.52. The highest BCUT2D eigenvalue weighted by molar-refractivity contribution is 5.92. The summed E-state index contributed by atoms with van der Waals surface area (Å²) in [6.45, 7) is 4.83. The fourth-order valence-corrected chi connectivity index (χ4v) is 5.96. The lowest BCUT2D eigenvalue weighted by Crippen LogP contribution is -2.73. The van der Waals surface area contributed by atoms with E-state index in [9.17, 15) is 14.4 Å². The number of nitrogens with two attached hydrogens (primary N) is 1. The molecule has 5 rings (SSSR count). The Morgan fingerprint density at radius 3 is 2.51 bits per heavy atom. The second-order valence-corrected chi connectivity index (χ2v) is 11.4. The van der Waals surface area contributed by atoms with Crippen molar-refractivity contribution in [2.75, 3.05) is 19.6 Å². The van der Waals surface area contributed by atoms with Crippen molar-refractivity contribution >= 4 is 28.7 Å². The highest BCUT2D eigenvalue weighted by Gasteiger charge is 2.53. The predicted octanol–water partition coefficient (Wildman–Crippen LogP) is 4.67. The smallest absolute Gasteiger partial charge is 0.436 e. The van der Waals surface area contributed by atoms with Crippen molar-refractivity contribution in [1.29, 1.82) is 0 Å². The minimum Gasteiger partial charge on any atom is -0.445 e. The number of fused-ring (bicyclic) bond motifs is 2. The maximum atomic E-state index is 14.1. The van der Waals surface area contributed by atoms with Gasteiger partial charge in [0.1, 0.15) is 12.1 Å². The molecule has 0 radical (unpaired) electrons. The zero-order valence-corrected chi connectivity index (χ0v) is 25.1. The molecule has 3 aromatic rings. The zero-order chi connectivity index (χ0) is 30.3. The van der Waals surface area contributed by atoms with Gasteiger partial charge in [-0.25, -0.2) is 4.79 Å². The number of hydroxylamine groups is 2. The van der Waals surface area contributed by atoms with Gasteiger partial charge in [-0.2, -0.15) is 5.06 Å². The molecular formula is C34H42N4O5. The van der Waals surface area contributed by atoms with E-state index in [1.165, 1.54) is 5.06 Å². The molecule has 2 heterocycles. The second-order valence-electron chi connectivity index (χ2n) is 11.4. The van der Waals surface area contributed by atoms with Gasteiger partial charge in [-0.15, -0.1) is 0 Å². The Balaban J connectivity index is 1.45. The maximum Gasteiger partial charge on any atom is 0.436 e. The number of rotatable bonds is 11. The Morgan fingerprint density at radius 2 is 1.74 bits per heavy atom. The number of hydrogen-bond acceptors (Lipinski definition) is 6. The number of ether oxygens (including phenoxy) is 1. The van der Waals surface area contributed by atoms with E-state index in [0.29, 0.717) is 38.8 Å². The van der Waals surface area contributed by atoms with Gasteiger partial charge in [0, 0.05) is 13.0 Å². The molecule has 2 unspecified atom stereocenters. The Morgan fingerprint density at radius 1 is 1.00 bits per heavy atom. The minimum atomic E-state index is -0.963. The Labute approximate surface area is 253 Å². The second kappa shape index (κ2) is 14.0. The Bertz CT molecular complexity index is 1410. The van der Waals surface area contributed by atoms with Crippen LogP contribution in [0.15, 0.2) is 72.8 Å². The van der Waals surface area contributed by atoms with Gasteiger partial charge in [-0.3, -0.25) is 14.4 Å². The van der Waals surface area contributed by atoms with Gasteiger partial charge in [-0.05, 0) is 67.5 Å². The van der Waals surface area contributed by atoms with Crippen LogP contribution in [0.2, 0.25) is 0 Å². The number of amides is 3. The SMILES string of the molecule is CCC(C)OC(=O)N1O[C@H](Cc2ccccc2)C(=O)N2C1CN(CCc1cccc3ccccc13)C(=O)[C@@H]2CCCCN. The molecular weight excluding hydrogens is 544 g/mol. The van der Waals surface area contributed by atoms with Crippen molar-refractivity contribution in [1.82, 2.24) is 14.9 Å². The third-order valence-corrected chi connectivity index (χ3v) is 8.46. The van der Waals surface area contributed by atoms with Crippen molar-refractivity contribution in [3.05, 3.63) is 83.9 Å². The van der Waals surface area contributed by atoms with Crippen LogP contribution in [0.25, 0.3) is 10.8 Å². The lowest BCUT2D eigenvalue weighted by atomic mass is 9.97. The number of carbonyl (C=O) groups excluding carboxylic acids is 3. The van der Waals surface area contributed by atoms with Gasteiger partial charge in [0.25, 0.3) is 5.91 Å². The fourth-order valence-electron chi connectivity index (χ4n) is 5.96. The molecule has 3 aromatic carbocycles. The molecule has 228 valence electrons. The number of carbonyl (C=O) groups is 3. The fraction of sp³-hybridized carbons (Fsp3) is 0.441. The van der Waals surface area contributed by atoms with Gasteiger partial charge in [0.05, 0.1) is 6.54 Å². The summed E-state index contributed by atoms with van der Waals surface area (Å²) in [5, 5.41) is 3.49. The number of nitrogens with zero attached hydrogens (tertiary/aromatic N) is 3. The standard InChI is InChI=1S/C34H42N4O5/c1-3-24(2)42-34(41)38-31-23-36(21-19-27-16-11-15-26-14-7-8-17-28(26)27)32(39)29(18-9-10-20-35)37(31)33(40)30(43-38)22-25-12-5-4-6-13-25/h4-8,11-17,24,29-31H,3,9-10,18-23,35H2,1-2H3/t24?,29-,30+,31?/m0/s1. The van der Waals surface area contributed by atoms with Crippen molar-refractivity contribution in [2.45, 2.75) is 76.8 Å². The molecule has 3 amide bonds. The number of hydrogen-bond donors (Lipinski definition) is 1. The van der Waals surface area contributed by atoms with Crippen molar-refractivity contribution in [3.63, 3.8) is 0 Å². The quantitative estimate of drug-likeness (QED) is 0.328. The largest absolute Gasteiger partial charge is 0.445 e. The Kier molecular flexibility index (Phi) is 9.94. The molecule has 0 aliphatic carbocycles. The monoisotopic (exact) mass is 586 g/mol. The first-order valence-corrected chi connectivity index (χ1v) is 15.4. The van der Waals surface area contributed by atoms with E-state index in [0.717, 1.165) is 28.3 Å². The average Bonchev–Trinajstić information content (AvgIpc) is 3.03. The molecule has 9 heteroatoms. The summed E-state index contributed by atoms with van der Waals surface area (Å²) in [7, 11) is 0. The number of unbranched alkanes of at least 4 members (excludes halogenated alkanes) is 1. The summed E-state index contributed by atoms with van der Waals surface area (Å²) >= 11 is 0. The topological polar surface area (TPSA) is 105 Å². The molecule has 0 aromatic heterocycles. The first-order chi connectivity index (χ1) is 20.9. The molecule has 0 spiro atoms. The van der Waals surface area contributed by atoms with E-state index in [4.69, 9.17) is 15.3 Å². The summed E-state index contributed by atoms with van der Waals surface area (Å²) in [6.07, 6.45) is 0.662. The minimum absolute atomic E-state index is 0.113. The highest BCUT2D eigenvalue weighted by atomic mass is 16.7. The average molecular weight is 587 g/mol.